The van der Waals surface area contributed by atoms with E-state index in [2.05, 4.69) is 23.6 Å². The third-order valence-electron chi connectivity index (χ3n) is 3.99. The van der Waals surface area contributed by atoms with Crippen molar-refractivity contribution >= 4 is 26.6 Å². The number of hydrogen-bond donors (Lipinski definition) is 2. The van der Waals surface area contributed by atoms with Crippen LogP contribution < -0.4 is 4.72 Å². The van der Waals surface area contributed by atoms with Crippen LogP contribution in [0.5, 0.6) is 0 Å². The molecule has 0 saturated carbocycles. The minimum atomic E-state index is -3.89. The van der Waals surface area contributed by atoms with Gasteiger partial charge in [0.05, 0.1) is 5.69 Å². The maximum Gasteiger partial charge on any atom is 0.264 e. The van der Waals surface area contributed by atoms with Crippen molar-refractivity contribution < 1.29 is 12.8 Å². The maximum absolute atomic E-state index is 13.9. The Kier molecular flexibility index (Phi) is 4.09. The van der Waals surface area contributed by atoms with Crippen LogP contribution in [-0.4, -0.2) is 13.4 Å². The Morgan fingerprint density at radius 1 is 1.12 bits per heavy atom. The summed E-state index contributed by atoms with van der Waals surface area (Å²) in [6.07, 6.45) is 1.43. The minimum Gasteiger partial charge on any atom is -0.360 e. The highest BCUT2D eigenvalue weighted by molar-refractivity contribution is 7.93. The average Bonchev–Trinajstić information content (AvgIpc) is 2.94. The fraction of sp³-hybridized carbons (Fsp3) is 0.222. The summed E-state index contributed by atoms with van der Waals surface area (Å²) in [7, 11) is -3.89. The molecule has 2 aromatic carbocycles. The van der Waals surface area contributed by atoms with E-state index in [1.807, 2.05) is 12.1 Å². The molecular weight excluding hydrogens is 327 g/mol. The summed E-state index contributed by atoms with van der Waals surface area (Å²) in [6, 6.07) is 10.0. The van der Waals surface area contributed by atoms with Crippen LogP contribution in [-0.2, 0) is 10.0 Å². The maximum atomic E-state index is 13.9. The topological polar surface area (TPSA) is 62.0 Å². The standard InChI is InChI=1S/C18H19FN2O2S/c1-11(2)13-5-6-14-17(9-13)20-10-18(14)24(22,23)21-16-7-4-12(3)8-15(16)19/h4-11,20-21H,1-3H3. The Balaban J connectivity index is 2.02. The van der Waals surface area contributed by atoms with Gasteiger partial charge in [-0.05, 0) is 42.2 Å². The predicted molar refractivity (Wildman–Crippen MR) is 94.3 cm³/mol. The number of H-pyrrole nitrogens is 1. The largest absolute Gasteiger partial charge is 0.360 e. The number of benzene rings is 2. The van der Waals surface area contributed by atoms with Gasteiger partial charge in [0, 0.05) is 17.1 Å². The van der Waals surface area contributed by atoms with E-state index in [0.29, 0.717) is 11.3 Å². The third kappa shape index (κ3) is 3.01. The molecule has 24 heavy (non-hydrogen) atoms. The highest BCUT2D eigenvalue weighted by Crippen LogP contribution is 2.28. The molecule has 0 amide bonds. The van der Waals surface area contributed by atoms with Gasteiger partial charge in [-0.3, -0.25) is 4.72 Å². The van der Waals surface area contributed by atoms with Gasteiger partial charge in [0.25, 0.3) is 10.0 Å². The molecule has 0 spiro atoms. The van der Waals surface area contributed by atoms with Crippen LogP contribution in [0.2, 0.25) is 0 Å². The van der Waals surface area contributed by atoms with E-state index in [-0.39, 0.29) is 10.6 Å². The lowest BCUT2D eigenvalue weighted by atomic mass is 10.0. The van der Waals surface area contributed by atoms with E-state index >= 15 is 0 Å². The fourth-order valence-corrected chi connectivity index (χ4v) is 3.85. The molecule has 0 saturated heterocycles. The molecule has 0 radical (unpaired) electrons. The molecular formula is C18H19FN2O2S. The first-order chi connectivity index (χ1) is 11.3. The van der Waals surface area contributed by atoms with E-state index < -0.39 is 15.8 Å². The molecule has 0 atom stereocenters. The predicted octanol–water partition coefficient (Wildman–Crippen LogP) is 4.54. The molecule has 3 aromatic rings. The summed E-state index contributed by atoms with van der Waals surface area (Å²) in [5, 5.41) is 0.583. The number of anilines is 1. The Morgan fingerprint density at radius 3 is 2.54 bits per heavy atom. The molecule has 1 aromatic heterocycles. The molecule has 3 rings (SSSR count). The molecule has 1 heterocycles. The van der Waals surface area contributed by atoms with Crippen LogP contribution in [0, 0.1) is 12.7 Å². The van der Waals surface area contributed by atoms with E-state index in [4.69, 9.17) is 0 Å². The second kappa shape index (κ2) is 5.94. The molecule has 126 valence electrons. The fourth-order valence-electron chi connectivity index (χ4n) is 2.60. The Hall–Kier alpha value is -2.34. The van der Waals surface area contributed by atoms with Crippen LogP contribution in [0.15, 0.2) is 47.5 Å². The van der Waals surface area contributed by atoms with Gasteiger partial charge in [0.2, 0.25) is 0 Å². The number of hydrogen-bond acceptors (Lipinski definition) is 2. The van der Waals surface area contributed by atoms with Crippen molar-refractivity contribution in [3.05, 3.63) is 59.5 Å². The van der Waals surface area contributed by atoms with Gasteiger partial charge >= 0.3 is 0 Å². The number of aromatic nitrogens is 1. The zero-order valence-electron chi connectivity index (χ0n) is 13.7. The van der Waals surface area contributed by atoms with Crippen molar-refractivity contribution in [1.29, 1.82) is 0 Å². The van der Waals surface area contributed by atoms with E-state index in [1.54, 1.807) is 19.1 Å². The first-order valence-electron chi connectivity index (χ1n) is 7.68. The molecule has 2 N–H and O–H groups in total. The SMILES string of the molecule is Cc1ccc(NS(=O)(=O)c2c[nH]c3cc(C(C)C)ccc23)c(F)c1. The normalized spacial score (nSPS) is 12.0. The average molecular weight is 346 g/mol. The van der Waals surface area contributed by atoms with Crippen LogP contribution in [0.3, 0.4) is 0 Å². The third-order valence-corrected chi connectivity index (χ3v) is 5.40. The molecule has 0 aliphatic heterocycles. The van der Waals surface area contributed by atoms with E-state index in [9.17, 15) is 12.8 Å². The van der Waals surface area contributed by atoms with Crippen molar-refractivity contribution in [2.24, 2.45) is 0 Å². The number of rotatable bonds is 4. The monoisotopic (exact) mass is 346 g/mol. The highest BCUT2D eigenvalue weighted by atomic mass is 32.2. The van der Waals surface area contributed by atoms with E-state index in [1.165, 1.54) is 18.3 Å². The molecule has 0 fully saturated rings. The Labute approximate surface area is 140 Å². The van der Waals surface area contributed by atoms with Gasteiger partial charge < -0.3 is 4.98 Å². The van der Waals surface area contributed by atoms with Gasteiger partial charge in [0.1, 0.15) is 10.7 Å². The van der Waals surface area contributed by atoms with Gasteiger partial charge in [-0.1, -0.05) is 32.0 Å². The molecule has 6 heteroatoms. The van der Waals surface area contributed by atoms with Gasteiger partial charge in [-0.15, -0.1) is 0 Å². The van der Waals surface area contributed by atoms with Crippen LogP contribution >= 0.6 is 0 Å². The quantitative estimate of drug-likeness (QED) is 0.728. The van der Waals surface area contributed by atoms with Crippen molar-refractivity contribution in [1.82, 2.24) is 4.98 Å². The molecule has 0 aliphatic rings. The molecule has 4 nitrogen and oxygen atoms in total. The van der Waals surface area contributed by atoms with Crippen molar-refractivity contribution in [2.45, 2.75) is 31.6 Å². The summed E-state index contributed by atoms with van der Waals surface area (Å²) >= 11 is 0. The summed E-state index contributed by atoms with van der Waals surface area (Å²) in [6.45, 7) is 5.89. The summed E-state index contributed by atoms with van der Waals surface area (Å²) in [4.78, 5) is 3.09. The Morgan fingerprint density at radius 2 is 1.88 bits per heavy atom. The molecule has 0 unspecified atom stereocenters. The zero-order chi connectivity index (χ0) is 17.5. The number of aryl methyl sites for hydroxylation is 1. The highest BCUT2D eigenvalue weighted by Gasteiger charge is 2.21. The Bertz CT molecular complexity index is 1010. The van der Waals surface area contributed by atoms with Crippen molar-refractivity contribution in [3.63, 3.8) is 0 Å². The minimum absolute atomic E-state index is 0.0613. The number of nitrogens with one attached hydrogen (secondary N) is 2. The van der Waals surface area contributed by atoms with Crippen molar-refractivity contribution in [3.8, 4) is 0 Å². The summed E-state index contributed by atoms with van der Waals surface area (Å²) in [5.74, 6) is -0.252. The smallest absolute Gasteiger partial charge is 0.264 e. The van der Waals surface area contributed by atoms with Gasteiger partial charge in [-0.2, -0.15) is 0 Å². The van der Waals surface area contributed by atoms with Crippen LogP contribution in [0.25, 0.3) is 10.9 Å². The lowest BCUT2D eigenvalue weighted by Crippen LogP contribution is -2.13. The van der Waals surface area contributed by atoms with Crippen molar-refractivity contribution in [2.75, 3.05) is 4.72 Å². The van der Waals surface area contributed by atoms with Crippen LogP contribution in [0.1, 0.15) is 30.9 Å². The molecule has 0 bridgehead atoms. The summed E-state index contributed by atoms with van der Waals surface area (Å²) < 4.78 is 41.5. The number of aromatic amines is 1. The number of fused-ring (bicyclic) bond motifs is 1. The first-order valence-corrected chi connectivity index (χ1v) is 9.16. The van der Waals surface area contributed by atoms with Gasteiger partial charge in [0.15, 0.2) is 0 Å². The van der Waals surface area contributed by atoms with Gasteiger partial charge in [-0.25, -0.2) is 12.8 Å². The first kappa shape index (κ1) is 16.5. The number of sulfonamides is 1. The lowest BCUT2D eigenvalue weighted by Gasteiger charge is -2.09. The number of halogens is 1. The molecule has 0 aliphatic carbocycles. The zero-order valence-corrected chi connectivity index (χ0v) is 14.5. The second-order valence-corrected chi connectivity index (χ2v) is 7.85. The lowest BCUT2D eigenvalue weighted by molar-refractivity contribution is 0.599. The van der Waals surface area contributed by atoms with Crippen LogP contribution in [0.4, 0.5) is 10.1 Å². The van der Waals surface area contributed by atoms with E-state index in [0.717, 1.165) is 16.6 Å². The summed E-state index contributed by atoms with van der Waals surface area (Å²) in [5.41, 5.74) is 2.52. The second-order valence-electron chi connectivity index (χ2n) is 6.20.